The van der Waals surface area contributed by atoms with Crippen molar-refractivity contribution in [2.45, 2.75) is 39.0 Å². The van der Waals surface area contributed by atoms with E-state index in [0.717, 1.165) is 11.1 Å². The minimum atomic E-state index is -0.947. The van der Waals surface area contributed by atoms with Crippen LogP contribution < -0.4 is 10.6 Å². The lowest BCUT2D eigenvalue weighted by molar-refractivity contribution is -0.128. The highest BCUT2D eigenvalue weighted by atomic mass is 16.3. The van der Waals surface area contributed by atoms with Gasteiger partial charge in [0.05, 0.1) is 6.04 Å². The second-order valence-electron chi connectivity index (χ2n) is 10.2. The van der Waals surface area contributed by atoms with E-state index < -0.39 is 17.6 Å². The molecule has 0 saturated carbocycles. The molecule has 1 amide bonds. The number of rotatable bonds is 9. The number of aliphatic hydroxyl groups is 1. The van der Waals surface area contributed by atoms with Gasteiger partial charge in [-0.25, -0.2) is 0 Å². The van der Waals surface area contributed by atoms with Crippen molar-refractivity contribution in [2.24, 2.45) is 5.41 Å². The van der Waals surface area contributed by atoms with Crippen molar-refractivity contribution < 1.29 is 9.90 Å². The normalized spacial score (nSPS) is 13.8. The number of hydrogen-bond donors (Lipinski definition) is 3. The Morgan fingerprint density at radius 3 is 2.21 bits per heavy atom. The standard InChI is InChI=1S/C35H36N2O2/c1-26(30-23-15-21-27-16-11-12-22-31(27)30)36-25-14-6-13-24-35(2,3)34(39)37-32(28-17-7-4-8-18-28)33(38)29-19-9-5-10-20-29/h4-12,14-23,26,32-33,36,38H,25H2,1-3H3,(H,37,39)/b14-6+/t26-,32+,33+/m1/s1. The van der Waals surface area contributed by atoms with Crippen molar-refractivity contribution in [3.05, 3.63) is 132 Å². The summed E-state index contributed by atoms with van der Waals surface area (Å²) in [7, 11) is 0. The number of amides is 1. The molecule has 4 rings (SSSR count). The number of hydrogen-bond acceptors (Lipinski definition) is 3. The van der Waals surface area contributed by atoms with Gasteiger partial charge in [0.15, 0.2) is 0 Å². The summed E-state index contributed by atoms with van der Waals surface area (Å²) < 4.78 is 0. The lowest BCUT2D eigenvalue weighted by Gasteiger charge is -2.28. The van der Waals surface area contributed by atoms with Crippen LogP contribution in [-0.4, -0.2) is 17.6 Å². The maximum absolute atomic E-state index is 13.3. The summed E-state index contributed by atoms with van der Waals surface area (Å²) in [6, 6.07) is 33.3. The first kappa shape index (κ1) is 27.9. The molecule has 39 heavy (non-hydrogen) atoms. The molecule has 198 valence electrons. The zero-order chi connectivity index (χ0) is 27.7. The molecule has 3 atom stereocenters. The Morgan fingerprint density at radius 1 is 0.872 bits per heavy atom. The largest absolute Gasteiger partial charge is 0.386 e. The first-order valence-corrected chi connectivity index (χ1v) is 13.3. The van der Waals surface area contributed by atoms with Crippen molar-refractivity contribution >= 4 is 16.7 Å². The molecule has 0 aliphatic rings. The summed E-state index contributed by atoms with van der Waals surface area (Å²) in [6.45, 7) is 6.40. The van der Waals surface area contributed by atoms with Crippen LogP contribution in [-0.2, 0) is 4.79 Å². The zero-order valence-corrected chi connectivity index (χ0v) is 22.8. The Labute approximate surface area is 231 Å². The number of benzene rings is 4. The monoisotopic (exact) mass is 516 g/mol. The summed E-state index contributed by atoms with van der Waals surface area (Å²) >= 11 is 0. The molecular weight excluding hydrogens is 480 g/mol. The summed E-state index contributed by atoms with van der Waals surface area (Å²) in [4.78, 5) is 13.3. The fourth-order valence-electron chi connectivity index (χ4n) is 4.55. The van der Waals surface area contributed by atoms with E-state index in [2.05, 4.69) is 71.9 Å². The molecule has 4 nitrogen and oxygen atoms in total. The third-order valence-electron chi connectivity index (χ3n) is 6.89. The van der Waals surface area contributed by atoms with Crippen molar-refractivity contribution in [1.29, 1.82) is 0 Å². The molecule has 0 radical (unpaired) electrons. The van der Waals surface area contributed by atoms with Gasteiger partial charge in [-0.15, -0.1) is 0 Å². The summed E-state index contributed by atoms with van der Waals surface area (Å²) in [5.41, 5.74) is 1.88. The molecule has 0 unspecified atom stereocenters. The van der Waals surface area contributed by atoms with Gasteiger partial charge in [-0.05, 0) is 54.3 Å². The SMILES string of the molecule is C[C@@H](NC/C=C/C#CC(C)(C)C(=O)N[C@@H](c1ccccc1)[C@@H](O)c1ccccc1)c1cccc2ccccc12. The number of aliphatic hydroxyl groups excluding tert-OH is 1. The molecule has 4 aromatic carbocycles. The van der Waals surface area contributed by atoms with E-state index >= 15 is 0 Å². The Balaban J connectivity index is 1.38. The van der Waals surface area contributed by atoms with E-state index in [4.69, 9.17) is 0 Å². The molecule has 0 saturated heterocycles. The number of fused-ring (bicyclic) bond motifs is 1. The quantitative estimate of drug-likeness (QED) is 0.218. The van der Waals surface area contributed by atoms with E-state index in [1.807, 2.05) is 66.7 Å². The lowest BCUT2D eigenvalue weighted by Crippen LogP contribution is -2.40. The van der Waals surface area contributed by atoms with Gasteiger partial charge >= 0.3 is 0 Å². The van der Waals surface area contributed by atoms with Crippen LogP contribution in [0.5, 0.6) is 0 Å². The molecule has 0 bridgehead atoms. The van der Waals surface area contributed by atoms with E-state index in [9.17, 15) is 9.90 Å². The lowest BCUT2D eigenvalue weighted by atomic mass is 9.90. The van der Waals surface area contributed by atoms with Crippen molar-refractivity contribution in [2.75, 3.05) is 6.54 Å². The van der Waals surface area contributed by atoms with E-state index in [1.54, 1.807) is 19.9 Å². The zero-order valence-electron chi connectivity index (χ0n) is 22.8. The van der Waals surface area contributed by atoms with Crippen LogP contribution in [0.25, 0.3) is 10.8 Å². The summed E-state index contributed by atoms with van der Waals surface area (Å²) in [6.07, 6.45) is 2.86. The second-order valence-corrected chi connectivity index (χ2v) is 10.2. The van der Waals surface area contributed by atoms with Crippen molar-refractivity contribution in [3.8, 4) is 11.8 Å². The van der Waals surface area contributed by atoms with Crippen LogP contribution in [0.2, 0.25) is 0 Å². The molecule has 0 aromatic heterocycles. The van der Waals surface area contributed by atoms with E-state index in [0.29, 0.717) is 6.54 Å². The fourth-order valence-corrected chi connectivity index (χ4v) is 4.55. The van der Waals surface area contributed by atoms with Gasteiger partial charge in [-0.2, -0.15) is 0 Å². The predicted octanol–water partition coefficient (Wildman–Crippen LogP) is 6.67. The Hall–Kier alpha value is -4.17. The van der Waals surface area contributed by atoms with Crippen LogP contribution >= 0.6 is 0 Å². The average Bonchev–Trinajstić information content (AvgIpc) is 2.97. The van der Waals surface area contributed by atoms with Crippen LogP contribution in [0, 0.1) is 17.3 Å². The van der Waals surface area contributed by atoms with Crippen LogP contribution in [0.3, 0.4) is 0 Å². The maximum Gasteiger partial charge on any atom is 0.238 e. The minimum absolute atomic E-state index is 0.182. The summed E-state index contributed by atoms with van der Waals surface area (Å²) in [5, 5.41) is 20.2. The smallest absolute Gasteiger partial charge is 0.238 e. The van der Waals surface area contributed by atoms with Gasteiger partial charge in [-0.1, -0.05) is 121 Å². The Morgan fingerprint density at radius 2 is 1.49 bits per heavy atom. The van der Waals surface area contributed by atoms with Crippen LogP contribution in [0.15, 0.2) is 115 Å². The molecule has 0 aliphatic heterocycles. The van der Waals surface area contributed by atoms with Gasteiger partial charge in [0.2, 0.25) is 5.91 Å². The fraction of sp³-hybridized carbons (Fsp3) is 0.229. The van der Waals surface area contributed by atoms with E-state index in [1.165, 1.54) is 16.3 Å². The molecule has 4 heteroatoms. The molecule has 0 spiro atoms. The maximum atomic E-state index is 13.3. The number of carbonyl (C=O) groups is 1. The number of nitrogens with one attached hydrogen (secondary N) is 2. The minimum Gasteiger partial charge on any atom is -0.386 e. The Kier molecular flexibility index (Phi) is 9.33. The van der Waals surface area contributed by atoms with Gasteiger partial charge < -0.3 is 15.7 Å². The summed E-state index contributed by atoms with van der Waals surface area (Å²) in [5.74, 6) is 5.87. The highest BCUT2D eigenvalue weighted by Gasteiger charge is 2.31. The first-order chi connectivity index (χ1) is 18.9. The van der Waals surface area contributed by atoms with Crippen LogP contribution in [0.4, 0.5) is 0 Å². The van der Waals surface area contributed by atoms with Crippen molar-refractivity contribution in [3.63, 3.8) is 0 Å². The second kappa shape index (κ2) is 13.1. The Bertz CT molecular complexity index is 1460. The highest BCUT2D eigenvalue weighted by Crippen LogP contribution is 2.30. The number of allylic oxidation sites excluding steroid dienone is 1. The molecule has 3 N–H and O–H groups in total. The molecule has 0 fully saturated rings. The van der Waals surface area contributed by atoms with Gasteiger partial charge in [-0.3, -0.25) is 4.79 Å². The van der Waals surface area contributed by atoms with Gasteiger partial charge in [0.25, 0.3) is 0 Å². The molecular formula is C35H36N2O2. The predicted molar refractivity (Wildman–Crippen MR) is 160 cm³/mol. The topological polar surface area (TPSA) is 61.4 Å². The number of carbonyl (C=O) groups excluding carboxylic acids is 1. The molecule has 4 aromatic rings. The first-order valence-electron chi connectivity index (χ1n) is 13.3. The average molecular weight is 517 g/mol. The molecule has 0 aliphatic carbocycles. The van der Waals surface area contributed by atoms with Crippen molar-refractivity contribution in [1.82, 2.24) is 10.6 Å². The van der Waals surface area contributed by atoms with Crippen LogP contribution in [0.1, 0.15) is 55.6 Å². The molecule has 0 heterocycles. The van der Waals surface area contributed by atoms with Gasteiger partial charge in [0, 0.05) is 12.6 Å². The highest BCUT2D eigenvalue weighted by molar-refractivity contribution is 5.86. The van der Waals surface area contributed by atoms with Gasteiger partial charge in [0.1, 0.15) is 11.5 Å². The van der Waals surface area contributed by atoms with E-state index in [-0.39, 0.29) is 11.9 Å². The third-order valence-corrected chi connectivity index (χ3v) is 6.89. The third kappa shape index (κ3) is 7.23.